The molecular formula is C19H22N2O4S. The van der Waals surface area contributed by atoms with Gasteiger partial charge in [0.05, 0.1) is 17.0 Å². The Bertz CT molecular complexity index is 925. The SMILES string of the molecule is CCCCS(=O)(=O)Nc1ccc2c(c1)C(=O)N(CC)c1ccccc1O2. The van der Waals surface area contributed by atoms with Crippen LogP contribution in [0.4, 0.5) is 11.4 Å². The zero-order chi connectivity index (χ0) is 18.7. The number of benzene rings is 2. The Kier molecular flexibility index (Phi) is 5.18. The lowest BCUT2D eigenvalue weighted by Gasteiger charge is -2.19. The third-order valence-corrected chi connectivity index (χ3v) is 5.56. The molecule has 0 fully saturated rings. The van der Waals surface area contributed by atoms with E-state index in [0.29, 0.717) is 41.4 Å². The molecule has 2 aromatic carbocycles. The van der Waals surface area contributed by atoms with E-state index < -0.39 is 10.0 Å². The second-order valence-corrected chi connectivity index (χ2v) is 7.95. The first-order chi connectivity index (χ1) is 12.4. The van der Waals surface area contributed by atoms with E-state index in [1.807, 2.05) is 38.1 Å². The topological polar surface area (TPSA) is 75.7 Å². The molecule has 3 rings (SSSR count). The number of nitrogens with zero attached hydrogens (tertiary/aromatic N) is 1. The molecular weight excluding hydrogens is 352 g/mol. The standard InChI is InChI=1S/C19H22N2O4S/c1-3-5-12-26(23,24)20-14-10-11-17-15(13-14)19(22)21(4-2)16-8-6-7-9-18(16)25-17/h6-11,13,20H,3-5,12H2,1-2H3. The molecule has 1 amide bonds. The van der Waals surface area contributed by atoms with Crippen molar-refractivity contribution in [3.63, 3.8) is 0 Å². The van der Waals surface area contributed by atoms with Crippen LogP contribution >= 0.6 is 0 Å². The summed E-state index contributed by atoms with van der Waals surface area (Å²) in [5.41, 5.74) is 1.39. The van der Waals surface area contributed by atoms with Gasteiger partial charge in [0.25, 0.3) is 5.91 Å². The van der Waals surface area contributed by atoms with Crippen LogP contribution < -0.4 is 14.4 Å². The number of hydrogen-bond acceptors (Lipinski definition) is 4. The summed E-state index contributed by atoms with van der Waals surface area (Å²) in [5, 5.41) is 0. The number of carbonyl (C=O) groups is 1. The number of para-hydroxylation sites is 2. The van der Waals surface area contributed by atoms with Gasteiger partial charge in [-0.1, -0.05) is 25.5 Å². The summed E-state index contributed by atoms with van der Waals surface area (Å²) in [5.74, 6) is 0.840. The molecule has 0 saturated carbocycles. The van der Waals surface area contributed by atoms with Crippen LogP contribution in [0.1, 0.15) is 37.0 Å². The van der Waals surface area contributed by atoms with Crippen molar-refractivity contribution < 1.29 is 17.9 Å². The van der Waals surface area contributed by atoms with Crippen molar-refractivity contribution in [2.45, 2.75) is 26.7 Å². The third kappa shape index (κ3) is 3.67. The molecule has 1 N–H and O–H groups in total. The number of unbranched alkanes of at least 4 members (excludes halogenated alkanes) is 1. The Morgan fingerprint density at radius 3 is 2.58 bits per heavy atom. The molecule has 138 valence electrons. The molecule has 0 spiro atoms. The van der Waals surface area contributed by atoms with Gasteiger partial charge in [0.2, 0.25) is 10.0 Å². The van der Waals surface area contributed by atoms with Gasteiger partial charge in [-0.3, -0.25) is 9.52 Å². The van der Waals surface area contributed by atoms with Crippen LogP contribution in [0.15, 0.2) is 42.5 Å². The monoisotopic (exact) mass is 374 g/mol. The second kappa shape index (κ2) is 7.37. The number of rotatable bonds is 6. The summed E-state index contributed by atoms with van der Waals surface area (Å²) in [7, 11) is -3.44. The molecule has 1 heterocycles. The van der Waals surface area contributed by atoms with Gasteiger partial charge in [0, 0.05) is 12.2 Å². The summed E-state index contributed by atoms with van der Waals surface area (Å²) in [4.78, 5) is 14.6. The van der Waals surface area contributed by atoms with Gasteiger partial charge in [-0.25, -0.2) is 8.42 Å². The number of hydrogen-bond donors (Lipinski definition) is 1. The fourth-order valence-corrected chi connectivity index (χ4v) is 4.13. The van der Waals surface area contributed by atoms with Gasteiger partial charge in [-0.2, -0.15) is 0 Å². The maximum atomic E-state index is 13.0. The van der Waals surface area contributed by atoms with Crippen molar-refractivity contribution in [3.05, 3.63) is 48.0 Å². The first kappa shape index (κ1) is 18.3. The van der Waals surface area contributed by atoms with Gasteiger partial charge in [0.1, 0.15) is 5.75 Å². The van der Waals surface area contributed by atoms with E-state index >= 15 is 0 Å². The van der Waals surface area contributed by atoms with Crippen LogP contribution in [-0.2, 0) is 10.0 Å². The first-order valence-corrected chi connectivity index (χ1v) is 10.3. The van der Waals surface area contributed by atoms with E-state index in [9.17, 15) is 13.2 Å². The summed E-state index contributed by atoms with van der Waals surface area (Å²) >= 11 is 0. The minimum Gasteiger partial charge on any atom is -0.454 e. The van der Waals surface area contributed by atoms with Crippen LogP contribution in [0, 0.1) is 0 Å². The highest BCUT2D eigenvalue weighted by Gasteiger charge is 2.27. The van der Waals surface area contributed by atoms with E-state index in [2.05, 4.69) is 4.72 Å². The predicted molar refractivity (Wildman–Crippen MR) is 103 cm³/mol. The Balaban J connectivity index is 1.97. The largest absolute Gasteiger partial charge is 0.454 e. The van der Waals surface area contributed by atoms with Crippen molar-refractivity contribution in [2.75, 3.05) is 21.9 Å². The highest BCUT2D eigenvalue weighted by Crippen LogP contribution is 2.39. The maximum Gasteiger partial charge on any atom is 0.262 e. The summed E-state index contributed by atoms with van der Waals surface area (Å²) in [6.45, 7) is 4.30. The van der Waals surface area contributed by atoms with Gasteiger partial charge in [0.15, 0.2) is 5.75 Å². The Hall–Kier alpha value is -2.54. The van der Waals surface area contributed by atoms with E-state index in [-0.39, 0.29) is 11.7 Å². The van der Waals surface area contributed by atoms with Crippen molar-refractivity contribution >= 4 is 27.3 Å². The molecule has 1 aliphatic rings. The predicted octanol–water partition coefficient (Wildman–Crippen LogP) is 4.00. The molecule has 0 unspecified atom stereocenters. The van der Waals surface area contributed by atoms with Gasteiger partial charge in [-0.05, 0) is 43.7 Å². The number of sulfonamides is 1. The zero-order valence-electron chi connectivity index (χ0n) is 14.9. The highest BCUT2D eigenvalue weighted by molar-refractivity contribution is 7.92. The Morgan fingerprint density at radius 1 is 1.08 bits per heavy atom. The van der Waals surface area contributed by atoms with Crippen LogP contribution in [-0.4, -0.2) is 26.6 Å². The minimum atomic E-state index is -3.44. The molecule has 26 heavy (non-hydrogen) atoms. The number of carbonyl (C=O) groups excluding carboxylic acids is 1. The lowest BCUT2D eigenvalue weighted by atomic mass is 10.1. The molecule has 0 radical (unpaired) electrons. The minimum absolute atomic E-state index is 0.0531. The molecule has 7 heteroatoms. The van der Waals surface area contributed by atoms with Crippen LogP contribution in [0.25, 0.3) is 0 Å². The van der Waals surface area contributed by atoms with Gasteiger partial charge >= 0.3 is 0 Å². The first-order valence-electron chi connectivity index (χ1n) is 8.68. The van der Waals surface area contributed by atoms with Crippen LogP contribution in [0.2, 0.25) is 0 Å². The fraction of sp³-hybridized carbons (Fsp3) is 0.316. The van der Waals surface area contributed by atoms with Gasteiger partial charge < -0.3 is 9.64 Å². The maximum absolute atomic E-state index is 13.0. The average molecular weight is 374 g/mol. The second-order valence-electron chi connectivity index (χ2n) is 6.10. The van der Waals surface area contributed by atoms with Gasteiger partial charge in [-0.15, -0.1) is 0 Å². The molecule has 0 aliphatic carbocycles. The third-order valence-electron chi connectivity index (χ3n) is 4.19. The van der Waals surface area contributed by atoms with Crippen LogP contribution in [0.5, 0.6) is 11.5 Å². The van der Waals surface area contributed by atoms with E-state index in [1.165, 1.54) is 6.07 Å². The lowest BCUT2D eigenvalue weighted by molar-refractivity contribution is 0.0988. The van der Waals surface area contributed by atoms with Crippen molar-refractivity contribution in [3.8, 4) is 11.5 Å². The number of ether oxygens (including phenoxy) is 1. The van der Waals surface area contributed by atoms with Crippen molar-refractivity contribution in [1.82, 2.24) is 0 Å². The van der Waals surface area contributed by atoms with E-state index in [0.717, 1.165) is 6.42 Å². The fourth-order valence-electron chi connectivity index (χ4n) is 2.87. The Morgan fingerprint density at radius 2 is 1.85 bits per heavy atom. The number of nitrogens with one attached hydrogen (secondary N) is 1. The number of amides is 1. The van der Waals surface area contributed by atoms with E-state index in [4.69, 9.17) is 4.74 Å². The molecule has 0 aromatic heterocycles. The smallest absolute Gasteiger partial charge is 0.262 e. The number of fused-ring (bicyclic) bond motifs is 2. The summed E-state index contributed by atoms with van der Waals surface area (Å²) < 4.78 is 32.7. The normalized spacial score (nSPS) is 13.5. The molecule has 0 atom stereocenters. The lowest BCUT2D eigenvalue weighted by Crippen LogP contribution is -2.29. The molecule has 0 saturated heterocycles. The van der Waals surface area contributed by atoms with Crippen LogP contribution in [0.3, 0.4) is 0 Å². The average Bonchev–Trinajstić information content (AvgIpc) is 2.74. The summed E-state index contributed by atoms with van der Waals surface area (Å²) in [6.07, 6.45) is 1.38. The molecule has 6 nitrogen and oxygen atoms in total. The quantitative estimate of drug-likeness (QED) is 0.829. The molecule has 1 aliphatic heterocycles. The van der Waals surface area contributed by atoms with E-state index in [1.54, 1.807) is 17.0 Å². The van der Waals surface area contributed by atoms with Crippen molar-refractivity contribution in [2.24, 2.45) is 0 Å². The molecule has 0 bridgehead atoms. The molecule has 2 aromatic rings. The van der Waals surface area contributed by atoms with Crippen molar-refractivity contribution in [1.29, 1.82) is 0 Å². The Labute approximate surface area is 153 Å². The highest BCUT2D eigenvalue weighted by atomic mass is 32.2. The number of anilines is 2. The summed E-state index contributed by atoms with van der Waals surface area (Å²) in [6, 6.07) is 12.1. The zero-order valence-corrected chi connectivity index (χ0v) is 15.7.